The zero-order valence-electron chi connectivity index (χ0n) is 17.2. The number of carbonyl (C=O) groups is 1. The molecule has 0 saturated heterocycles. The van der Waals surface area contributed by atoms with Crippen molar-refractivity contribution in [1.29, 1.82) is 5.26 Å². The minimum Gasteiger partial charge on any atom is -0.342 e. The van der Waals surface area contributed by atoms with Crippen molar-refractivity contribution in [2.75, 3.05) is 0 Å². The Bertz CT molecular complexity index is 1380. The third-order valence-corrected chi connectivity index (χ3v) is 5.91. The highest BCUT2D eigenvalue weighted by molar-refractivity contribution is 7.86. The van der Waals surface area contributed by atoms with Gasteiger partial charge in [-0.05, 0) is 35.7 Å². The molecule has 1 aliphatic carbocycles. The lowest BCUT2D eigenvalue weighted by atomic mass is 9.71. The summed E-state index contributed by atoms with van der Waals surface area (Å²) in [4.78, 5) is 20.8. The maximum atomic E-state index is 13.2. The molecule has 0 fully saturated rings. The third-order valence-electron chi connectivity index (χ3n) is 5.33. The molecule has 0 bridgehead atoms. The normalized spacial score (nSPS) is 14.8. The summed E-state index contributed by atoms with van der Waals surface area (Å²) in [6.07, 6.45) is 0.898. The van der Waals surface area contributed by atoms with Crippen molar-refractivity contribution in [3.8, 4) is 6.07 Å². The summed E-state index contributed by atoms with van der Waals surface area (Å²) >= 11 is 0. The van der Waals surface area contributed by atoms with E-state index in [-0.39, 0.29) is 11.2 Å². The highest BCUT2D eigenvalue weighted by Crippen LogP contribution is 2.43. The van der Waals surface area contributed by atoms with Gasteiger partial charge in [-0.2, -0.15) is 26.9 Å². The van der Waals surface area contributed by atoms with E-state index in [1.54, 1.807) is 6.07 Å². The third kappa shape index (κ3) is 3.87. The number of halogens is 3. The molecule has 1 aliphatic rings. The van der Waals surface area contributed by atoms with Crippen molar-refractivity contribution >= 4 is 26.9 Å². The predicted molar refractivity (Wildman–Crippen MR) is 110 cm³/mol. The van der Waals surface area contributed by atoms with Crippen LogP contribution in [0.4, 0.5) is 13.2 Å². The number of nitriles is 1. The van der Waals surface area contributed by atoms with Gasteiger partial charge in [0.15, 0.2) is 5.78 Å². The molecule has 2 N–H and O–H groups in total. The Morgan fingerprint density at radius 3 is 2.38 bits per heavy atom. The first kappa shape index (κ1) is 23.4. The molecule has 7 nitrogen and oxygen atoms in total. The second-order valence-corrected chi connectivity index (χ2v) is 9.10. The number of aryl methyl sites for hydroxylation is 1. The highest BCUT2D eigenvalue weighted by atomic mass is 32.2. The fraction of sp³-hybridized carbons (Fsp3) is 0.286. The van der Waals surface area contributed by atoms with Crippen molar-refractivity contribution < 1.29 is 30.9 Å². The SMILES string of the molecule is CCc1ccc2c(c1)C(=O)c1c([nH]c3nc(C#N)ccc13)C2(C)C.O=S(=O)(O)C(F)(F)F. The number of benzene rings is 1. The lowest BCUT2D eigenvalue weighted by Crippen LogP contribution is -2.30. The number of fused-ring (bicyclic) bond motifs is 4. The predicted octanol–water partition coefficient (Wildman–Crippen LogP) is 4.26. The van der Waals surface area contributed by atoms with E-state index in [0.29, 0.717) is 16.9 Å². The van der Waals surface area contributed by atoms with Crippen LogP contribution >= 0.6 is 0 Å². The summed E-state index contributed by atoms with van der Waals surface area (Å²) in [7, 11) is -5.84. The van der Waals surface area contributed by atoms with Gasteiger partial charge in [-0.3, -0.25) is 9.35 Å². The maximum absolute atomic E-state index is 13.2. The van der Waals surface area contributed by atoms with Gasteiger partial charge < -0.3 is 4.98 Å². The second kappa shape index (κ2) is 7.72. The summed E-state index contributed by atoms with van der Waals surface area (Å²) in [5.74, 6) is 0.0346. The van der Waals surface area contributed by atoms with E-state index in [9.17, 15) is 18.0 Å². The van der Waals surface area contributed by atoms with Gasteiger partial charge in [0.25, 0.3) is 0 Å². The quantitative estimate of drug-likeness (QED) is 0.409. The number of nitrogens with zero attached hydrogens (tertiary/aromatic N) is 2. The number of rotatable bonds is 1. The lowest BCUT2D eigenvalue weighted by molar-refractivity contribution is -0.0510. The van der Waals surface area contributed by atoms with Crippen LogP contribution in [0, 0.1) is 11.3 Å². The highest BCUT2D eigenvalue weighted by Gasteiger charge is 2.44. The van der Waals surface area contributed by atoms with E-state index in [0.717, 1.165) is 34.2 Å². The number of hydrogen-bond donors (Lipinski definition) is 2. The van der Waals surface area contributed by atoms with Crippen molar-refractivity contribution in [3.63, 3.8) is 0 Å². The van der Waals surface area contributed by atoms with Gasteiger partial charge in [0.1, 0.15) is 17.4 Å². The van der Waals surface area contributed by atoms with Gasteiger partial charge in [0.05, 0.1) is 5.56 Å². The molecule has 0 spiro atoms. The van der Waals surface area contributed by atoms with Gasteiger partial charge in [-0.1, -0.05) is 32.9 Å². The molecule has 1 aromatic carbocycles. The summed E-state index contributed by atoms with van der Waals surface area (Å²) in [5, 5.41) is 9.85. The molecule has 2 heterocycles. The first-order valence-corrected chi connectivity index (χ1v) is 10.8. The monoisotopic (exact) mass is 465 g/mol. The largest absolute Gasteiger partial charge is 0.522 e. The molecule has 0 amide bonds. The molecule has 0 aliphatic heterocycles. The summed E-state index contributed by atoms with van der Waals surface area (Å²) < 4.78 is 57.5. The molecule has 11 heteroatoms. The van der Waals surface area contributed by atoms with Crippen molar-refractivity contribution in [3.05, 3.63) is 64.0 Å². The minimum absolute atomic E-state index is 0.0346. The van der Waals surface area contributed by atoms with Crippen LogP contribution in [0.3, 0.4) is 0 Å². The number of aromatic amines is 1. The molecule has 2 aromatic heterocycles. The van der Waals surface area contributed by atoms with Gasteiger partial charge in [0, 0.05) is 22.1 Å². The molecule has 0 saturated carbocycles. The number of pyridine rings is 1. The van der Waals surface area contributed by atoms with Crippen LogP contribution in [0.1, 0.15) is 59.2 Å². The summed E-state index contributed by atoms with van der Waals surface area (Å²) in [6.45, 7) is 6.32. The zero-order valence-corrected chi connectivity index (χ0v) is 18.0. The van der Waals surface area contributed by atoms with Gasteiger partial charge in [-0.15, -0.1) is 0 Å². The van der Waals surface area contributed by atoms with Gasteiger partial charge >= 0.3 is 15.6 Å². The minimum atomic E-state index is -5.84. The summed E-state index contributed by atoms with van der Waals surface area (Å²) in [5.41, 5.74) is -0.381. The number of hydrogen-bond acceptors (Lipinski definition) is 5. The Morgan fingerprint density at radius 2 is 1.84 bits per heavy atom. The molecule has 0 atom stereocenters. The van der Waals surface area contributed by atoms with Crippen molar-refractivity contribution in [2.45, 2.75) is 38.1 Å². The number of alkyl halides is 3. The van der Waals surface area contributed by atoms with Crippen LogP contribution in [0.5, 0.6) is 0 Å². The van der Waals surface area contributed by atoms with Gasteiger partial charge in [0.2, 0.25) is 0 Å². The molecule has 168 valence electrons. The average molecular weight is 465 g/mol. The molecule has 32 heavy (non-hydrogen) atoms. The number of nitrogens with one attached hydrogen (secondary N) is 1. The second-order valence-electron chi connectivity index (χ2n) is 7.69. The Morgan fingerprint density at radius 1 is 1.22 bits per heavy atom. The average Bonchev–Trinajstić information content (AvgIpc) is 3.10. The number of H-pyrrole nitrogens is 1. The van der Waals surface area contributed by atoms with E-state index in [4.69, 9.17) is 18.2 Å². The van der Waals surface area contributed by atoms with Crippen LogP contribution in [0.15, 0.2) is 30.3 Å². The fourth-order valence-electron chi connectivity index (χ4n) is 3.65. The number of aromatic nitrogens is 2. The number of ketones is 1. The Labute approximate surface area is 181 Å². The zero-order chi connectivity index (χ0) is 24.1. The van der Waals surface area contributed by atoms with Crippen LogP contribution in [-0.4, -0.2) is 34.2 Å². The number of carbonyl (C=O) groups excluding carboxylic acids is 1. The van der Waals surface area contributed by atoms with E-state index in [2.05, 4.69) is 42.9 Å². The van der Waals surface area contributed by atoms with Gasteiger partial charge in [-0.25, -0.2) is 4.98 Å². The molecule has 4 rings (SSSR count). The van der Waals surface area contributed by atoms with E-state index >= 15 is 0 Å². The topological polar surface area (TPSA) is 124 Å². The lowest BCUT2D eigenvalue weighted by Gasteiger charge is -2.32. The van der Waals surface area contributed by atoms with Crippen molar-refractivity contribution in [1.82, 2.24) is 9.97 Å². The Kier molecular flexibility index (Phi) is 5.65. The molecule has 0 unspecified atom stereocenters. The molecular formula is C21H18F3N3O4S. The van der Waals surface area contributed by atoms with Crippen LogP contribution < -0.4 is 0 Å². The van der Waals surface area contributed by atoms with Crippen LogP contribution in [0.25, 0.3) is 11.0 Å². The first-order valence-electron chi connectivity index (χ1n) is 9.37. The Balaban J connectivity index is 0.000000312. The molecular weight excluding hydrogens is 447 g/mol. The van der Waals surface area contributed by atoms with E-state index in [1.165, 1.54) is 0 Å². The van der Waals surface area contributed by atoms with E-state index in [1.807, 2.05) is 18.2 Å². The van der Waals surface area contributed by atoms with Crippen molar-refractivity contribution in [2.24, 2.45) is 0 Å². The van der Waals surface area contributed by atoms with E-state index < -0.39 is 15.6 Å². The molecule has 0 radical (unpaired) electrons. The standard InChI is InChI=1S/C20H17N3O.CHF3O3S/c1-4-11-5-8-15-14(9-11)17(24)16-13-7-6-12(10-21)22-19(13)23-18(16)20(15,2)3;2-1(3,4)8(5,6)7/h5-9H,4H2,1-3H3,(H,22,23);(H,5,6,7). The van der Waals surface area contributed by atoms with Crippen LogP contribution in [0.2, 0.25) is 0 Å². The summed E-state index contributed by atoms with van der Waals surface area (Å²) in [6, 6.07) is 11.7. The molecule has 3 aromatic rings. The smallest absolute Gasteiger partial charge is 0.342 e. The maximum Gasteiger partial charge on any atom is 0.522 e. The first-order chi connectivity index (χ1) is 14.7. The fourth-order valence-corrected chi connectivity index (χ4v) is 3.65. The van der Waals surface area contributed by atoms with Crippen LogP contribution in [-0.2, 0) is 22.0 Å². The Hall–Kier alpha value is -3.23.